The summed E-state index contributed by atoms with van der Waals surface area (Å²) in [5, 5.41) is 11.3. The van der Waals surface area contributed by atoms with Gasteiger partial charge in [0, 0.05) is 19.8 Å². The molecule has 6 nitrogen and oxygen atoms in total. The largest absolute Gasteiger partial charge is 0.318 e. The van der Waals surface area contributed by atoms with Crippen molar-refractivity contribution < 1.29 is 4.79 Å². The van der Waals surface area contributed by atoms with Crippen LogP contribution in [0.3, 0.4) is 0 Å². The number of carbonyl (C=O) groups excluding carboxylic acids is 1. The summed E-state index contributed by atoms with van der Waals surface area (Å²) in [5.74, 6) is -0.185. The fraction of sp³-hybridized carbons (Fsp3) is 0.235. The summed E-state index contributed by atoms with van der Waals surface area (Å²) < 4.78 is 3.40. The molecule has 0 atom stereocenters. The highest BCUT2D eigenvalue weighted by molar-refractivity contribution is 6.02. The zero-order valence-electron chi connectivity index (χ0n) is 13.2. The van der Waals surface area contributed by atoms with Crippen LogP contribution in [0.2, 0.25) is 0 Å². The van der Waals surface area contributed by atoms with E-state index in [0.29, 0.717) is 11.4 Å². The summed E-state index contributed by atoms with van der Waals surface area (Å²) in [6.45, 7) is 2.63. The molecule has 0 aliphatic heterocycles. The lowest BCUT2D eigenvalue weighted by atomic mass is 10.1. The first-order valence-electron chi connectivity index (χ1n) is 7.50. The van der Waals surface area contributed by atoms with Gasteiger partial charge in [0.25, 0.3) is 5.91 Å². The second-order valence-electron chi connectivity index (χ2n) is 5.48. The fourth-order valence-corrected chi connectivity index (χ4v) is 2.46. The van der Waals surface area contributed by atoms with Crippen molar-refractivity contribution in [2.24, 2.45) is 7.05 Å². The Hall–Kier alpha value is -2.89. The lowest BCUT2D eigenvalue weighted by Gasteiger charge is -2.03. The van der Waals surface area contributed by atoms with Crippen LogP contribution in [-0.4, -0.2) is 25.5 Å². The van der Waals surface area contributed by atoms with Gasteiger partial charge in [-0.25, -0.2) is 0 Å². The maximum atomic E-state index is 12.2. The van der Waals surface area contributed by atoms with E-state index in [1.54, 1.807) is 24.0 Å². The molecule has 0 saturated carbocycles. The quantitative estimate of drug-likeness (QED) is 0.787. The van der Waals surface area contributed by atoms with Gasteiger partial charge in [-0.2, -0.15) is 10.2 Å². The van der Waals surface area contributed by atoms with Crippen LogP contribution in [0.5, 0.6) is 0 Å². The van der Waals surface area contributed by atoms with Gasteiger partial charge in [0.05, 0.1) is 17.6 Å². The molecule has 118 valence electrons. The minimum Gasteiger partial charge on any atom is -0.318 e. The van der Waals surface area contributed by atoms with Crippen molar-refractivity contribution in [1.29, 1.82) is 0 Å². The lowest BCUT2D eigenvalue weighted by Crippen LogP contribution is -2.15. The first kappa shape index (κ1) is 15.0. The van der Waals surface area contributed by atoms with Gasteiger partial charge in [0.2, 0.25) is 0 Å². The number of aromatic nitrogens is 4. The molecule has 2 aromatic heterocycles. The van der Waals surface area contributed by atoms with Crippen molar-refractivity contribution in [3.05, 3.63) is 65.7 Å². The van der Waals surface area contributed by atoms with Crippen LogP contribution in [0.15, 0.2) is 48.8 Å². The van der Waals surface area contributed by atoms with E-state index >= 15 is 0 Å². The Labute approximate surface area is 134 Å². The van der Waals surface area contributed by atoms with Crippen LogP contribution in [0.25, 0.3) is 0 Å². The van der Waals surface area contributed by atoms with E-state index in [2.05, 4.69) is 27.6 Å². The molecular formula is C17H19N5O. The smallest absolute Gasteiger partial charge is 0.274 e. The molecule has 0 spiro atoms. The van der Waals surface area contributed by atoms with Crippen LogP contribution in [0.1, 0.15) is 21.7 Å². The van der Waals surface area contributed by atoms with Gasteiger partial charge in [-0.3, -0.25) is 14.2 Å². The van der Waals surface area contributed by atoms with Crippen LogP contribution in [-0.2, 0) is 20.0 Å². The Bertz CT molecular complexity index is 804. The Kier molecular flexibility index (Phi) is 4.23. The van der Waals surface area contributed by atoms with Crippen LogP contribution in [0.4, 0.5) is 5.69 Å². The Balaban J connectivity index is 1.61. The van der Waals surface area contributed by atoms with Crippen molar-refractivity contribution in [1.82, 2.24) is 19.6 Å². The third kappa shape index (κ3) is 3.66. The molecule has 23 heavy (non-hydrogen) atoms. The summed E-state index contributed by atoms with van der Waals surface area (Å²) in [7, 11) is 1.76. The lowest BCUT2D eigenvalue weighted by molar-refractivity contribution is 0.101. The minimum absolute atomic E-state index is 0.185. The number of amides is 1. The van der Waals surface area contributed by atoms with E-state index in [0.717, 1.165) is 18.7 Å². The van der Waals surface area contributed by atoms with Crippen LogP contribution in [0, 0.1) is 6.92 Å². The molecule has 0 fully saturated rings. The summed E-state index contributed by atoms with van der Waals surface area (Å²) >= 11 is 0. The second-order valence-corrected chi connectivity index (χ2v) is 5.48. The van der Waals surface area contributed by atoms with Crippen LogP contribution >= 0.6 is 0 Å². The molecule has 0 bridgehead atoms. The summed E-state index contributed by atoms with van der Waals surface area (Å²) in [5.41, 5.74) is 3.29. The fourth-order valence-electron chi connectivity index (χ4n) is 2.46. The van der Waals surface area contributed by atoms with Gasteiger partial charge in [-0.1, -0.05) is 30.3 Å². The highest BCUT2D eigenvalue weighted by Gasteiger charge is 2.12. The van der Waals surface area contributed by atoms with Crippen molar-refractivity contribution in [3.8, 4) is 0 Å². The number of nitrogens with zero attached hydrogens (tertiary/aromatic N) is 4. The third-order valence-electron chi connectivity index (χ3n) is 3.60. The summed E-state index contributed by atoms with van der Waals surface area (Å²) in [6.07, 6.45) is 4.40. The first-order chi connectivity index (χ1) is 11.1. The first-order valence-corrected chi connectivity index (χ1v) is 7.50. The predicted molar refractivity (Wildman–Crippen MR) is 88.3 cm³/mol. The van der Waals surface area contributed by atoms with Gasteiger partial charge in [0.15, 0.2) is 0 Å². The van der Waals surface area contributed by atoms with Gasteiger partial charge in [0.1, 0.15) is 5.69 Å². The zero-order chi connectivity index (χ0) is 16.2. The van der Waals surface area contributed by atoms with E-state index < -0.39 is 0 Å². The van der Waals surface area contributed by atoms with Crippen molar-refractivity contribution in [2.45, 2.75) is 19.9 Å². The predicted octanol–water partition coefficient (Wildman–Crippen LogP) is 2.42. The van der Waals surface area contributed by atoms with E-state index in [1.165, 1.54) is 5.56 Å². The zero-order valence-corrected chi connectivity index (χ0v) is 13.2. The van der Waals surface area contributed by atoms with Gasteiger partial charge in [-0.05, 0) is 25.0 Å². The molecule has 6 heteroatoms. The molecule has 0 aliphatic carbocycles. The molecule has 0 aliphatic rings. The third-order valence-corrected chi connectivity index (χ3v) is 3.60. The average molecular weight is 309 g/mol. The number of rotatable bonds is 5. The van der Waals surface area contributed by atoms with E-state index in [9.17, 15) is 4.79 Å². The molecule has 3 aromatic rings. The minimum atomic E-state index is -0.185. The number of aryl methyl sites for hydroxylation is 4. The van der Waals surface area contributed by atoms with E-state index in [-0.39, 0.29) is 5.91 Å². The van der Waals surface area contributed by atoms with Crippen LogP contribution < -0.4 is 5.32 Å². The average Bonchev–Trinajstić information content (AvgIpc) is 3.12. The SMILES string of the molecule is Cc1cc(C(=O)Nc2cnn(CCc3ccccc3)c2)n(C)n1. The molecule has 0 radical (unpaired) electrons. The van der Waals surface area contributed by atoms with E-state index in [4.69, 9.17) is 0 Å². The topological polar surface area (TPSA) is 64.7 Å². The van der Waals surface area contributed by atoms with Crippen molar-refractivity contribution in [3.63, 3.8) is 0 Å². The molecule has 3 rings (SSSR count). The molecule has 0 saturated heterocycles. The molecule has 1 N–H and O–H groups in total. The number of carbonyl (C=O) groups is 1. The molecule has 1 amide bonds. The number of hydrogen-bond donors (Lipinski definition) is 1. The normalized spacial score (nSPS) is 10.7. The molecule has 2 heterocycles. The monoisotopic (exact) mass is 309 g/mol. The molecular weight excluding hydrogens is 290 g/mol. The maximum absolute atomic E-state index is 12.2. The Morgan fingerprint density at radius 1 is 1.26 bits per heavy atom. The van der Waals surface area contributed by atoms with Crippen molar-refractivity contribution in [2.75, 3.05) is 5.32 Å². The molecule has 1 aromatic carbocycles. The van der Waals surface area contributed by atoms with Gasteiger partial charge in [-0.15, -0.1) is 0 Å². The maximum Gasteiger partial charge on any atom is 0.274 e. The number of anilines is 1. The second kappa shape index (κ2) is 6.48. The van der Waals surface area contributed by atoms with E-state index in [1.807, 2.05) is 36.0 Å². The summed E-state index contributed by atoms with van der Waals surface area (Å²) in [6, 6.07) is 12.0. The standard InChI is InChI=1S/C17H19N5O/c1-13-10-16(21(2)20-13)17(23)19-15-11-18-22(12-15)9-8-14-6-4-3-5-7-14/h3-7,10-12H,8-9H2,1-2H3,(H,19,23). The Morgan fingerprint density at radius 2 is 2.04 bits per heavy atom. The molecule has 0 unspecified atom stereocenters. The van der Waals surface area contributed by atoms with Crippen molar-refractivity contribution >= 4 is 11.6 Å². The number of benzene rings is 1. The highest BCUT2D eigenvalue weighted by atomic mass is 16.2. The highest BCUT2D eigenvalue weighted by Crippen LogP contribution is 2.10. The Morgan fingerprint density at radius 3 is 2.74 bits per heavy atom. The number of nitrogens with one attached hydrogen (secondary N) is 1. The summed E-state index contributed by atoms with van der Waals surface area (Å²) in [4.78, 5) is 12.2. The number of hydrogen-bond acceptors (Lipinski definition) is 3. The van der Waals surface area contributed by atoms with Gasteiger partial charge < -0.3 is 5.32 Å². The van der Waals surface area contributed by atoms with Gasteiger partial charge >= 0.3 is 0 Å².